The lowest BCUT2D eigenvalue weighted by Gasteiger charge is -1.94. The van der Waals surface area contributed by atoms with Crippen molar-refractivity contribution < 1.29 is 4.52 Å². The molecule has 0 aliphatic carbocycles. The van der Waals surface area contributed by atoms with E-state index in [-0.39, 0.29) is 0 Å². The van der Waals surface area contributed by atoms with E-state index in [9.17, 15) is 0 Å². The van der Waals surface area contributed by atoms with Gasteiger partial charge < -0.3 is 10.3 Å². The van der Waals surface area contributed by atoms with E-state index in [0.717, 1.165) is 5.56 Å². The Bertz CT molecular complexity index is 660. The topological polar surface area (TPSA) is 95.7 Å². The summed E-state index contributed by atoms with van der Waals surface area (Å²) in [4.78, 5) is 8.35. The Morgan fingerprint density at radius 1 is 1.32 bits per heavy atom. The number of aromatic nitrogens is 5. The third-order valence-electron chi connectivity index (χ3n) is 2.55. The highest BCUT2D eigenvalue weighted by molar-refractivity contribution is 5.30. The first-order chi connectivity index (χ1) is 9.29. The summed E-state index contributed by atoms with van der Waals surface area (Å²) < 4.78 is 6.82. The number of hydrogen-bond acceptors (Lipinski definition) is 6. The smallest absolute Gasteiger partial charge is 0.248 e. The number of nitrogens with zero attached hydrogens (tertiary/aromatic N) is 5. The van der Waals surface area contributed by atoms with Gasteiger partial charge in [-0.3, -0.25) is 9.67 Å². The van der Waals surface area contributed by atoms with Gasteiger partial charge in [0.15, 0.2) is 5.82 Å². The maximum atomic E-state index is 5.58. The molecule has 0 spiro atoms. The van der Waals surface area contributed by atoms with Crippen LogP contribution in [0.5, 0.6) is 0 Å². The minimum atomic E-state index is 0.414. The van der Waals surface area contributed by atoms with E-state index in [1.807, 2.05) is 12.1 Å². The maximum absolute atomic E-state index is 5.58. The standard InChI is InChI=1S/C12H12N6O/c13-10-6-15-18(7-10)8-12-16-11(17-19-12)4-9-2-1-3-14-5-9/h1-3,5-7H,4,8,13H2. The summed E-state index contributed by atoms with van der Waals surface area (Å²) in [6.45, 7) is 0.414. The van der Waals surface area contributed by atoms with Crippen molar-refractivity contribution >= 4 is 5.69 Å². The largest absolute Gasteiger partial charge is 0.396 e. The molecule has 7 nitrogen and oxygen atoms in total. The molecule has 3 aromatic heterocycles. The average molecular weight is 256 g/mol. The molecule has 0 saturated carbocycles. The van der Waals surface area contributed by atoms with Gasteiger partial charge in [0.2, 0.25) is 5.89 Å². The van der Waals surface area contributed by atoms with Crippen molar-refractivity contribution in [1.82, 2.24) is 24.9 Å². The first-order valence-electron chi connectivity index (χ1n) is 5.78. The van der Waals surface area contributed by atoms with Gasteiger partial charge in [0, 0.05) is 25.0 Å². The predicted octanol–water partition coefficient (Wildman–Crippen LogP) is 0.882. The van der Waals surface area contributed by atoms with Crippen LogP contribution in [0.1, 0.15) is 17.3 Å². The molecule has 0 saturated heterocycles. The van der Waals surface area contributed by atoms with Gasteiger partial charge in [-0.05, 0) is 11.6 Å². The lowest BCUT2D eigenvalue weighted by atomic mass is 10.2. The Kier molecular flexibility index (Phi) is 2.93. The summed E-state index contributed by atoms with van der Waals surface area (Å²) in [5, 5.41) is 7.99. The Morgan fingerprint density at radius 2 is 2.26 bits per heavy atom. The molecule has 0 fully saturated rings. The minimum Gasteiger partial charge on any atom is -0.396 e. The Balaban J connectivity index is 1.69. The summed E-state index contributed by atoms with van der Waals surface area (Å²) in [6.07, 6.45) is 7.40. The van der Waals surface area contributed by atoms with Crippen molar-refractivity contribution in [3.05, 3.63) is 54.2 Å². The Morgan fingerprint density at radius 3 is 3.00 bits per heavy atom. The number of nitrogens with two attached hydrogens (primary N) is 1. The molecular formula is C12H12N6O. The molecule has 3 rings (SSSR count). The number of hydrogen-bond donors (Lipinski definition) is 1. The van der Waals surface area contributed by atoms with Gasteiger partial charge in [-0.2, -0.15) is 10.1 Å². The fourth-order valence-electron chi connectivity index (χ4n) is 1.72. The quantitative estimate of drug-likeness (QED) is 0.744. The molecule has 2 N–H and O–H groups in total. The lowest BCUT2D eigenvalue weighted by molar-refractivity contribution is 0.362. The molecule has 3 aromatic rings. The predicted molar refractivity (Wildman–Crippen MR) is 67.1 cm³/mol. The zero-order valence-electron chi connectivity index (χ0n) is 10.1. The number of rotatable bonds is 4. The molecule has 0 aromatic carbocycles. The molecule has 19 heavy (non-hydrogen) atoms. The molecule has 0 aliphatic heterocycles. The summed E-state index contributed by atoms with van der Waals surface area (Å²) in [7, 11) is 0. The van der Waals surface area contributed by atoms with Gasteiger partial charge in [0.25, 0.3) is 0 Å². The van der Waals surface area contributed by atoms with Crippen molar-refractivity contribution in [3.8, 4) is 0 Å². The average Bonchev–Trinajstić information content (AvgIpc) is 3.01. The zero-order valence-corrected chi connectivity index (χ0v) is 10.1. The molecule has 0 aliphatic rings. The van der Waals surface area contributed by atoms with Crippen LogP contribution in [0.25, 0.3) is 0 Å². The molecule has 7 heteroatoms. The van der Waals surface area contributed by atoms with Crippen LogP contribution in [0.4, 0.5) is 5.69 Å². The number of nitrogen functional groups attached to an aromatic ring is 1. The van der Waals surface area contributed by atoms with Gasteiger partial charge in [0.1, 0.15) is 6.54 Å². The second-order valence-corrected chi connectivity index (χ2v) is 4.11. The van der Waals surface area contributed by atoms with Gasteiger partial charge in [0.05, 0.1) is 11.9 Å². The fourth-order valence-corrected chi connectivity index (χ4v) is 1.72. The van der Waals surface area contributed by atoms with Crippen molar-refractivity contribution in [2.45, 2.75) is 13.0 Å². The summed E-state index contributed by atoms with van der Waals surface area (Å²) in [5.41, 5.74) is 7.23. The van der Waals surface area contributed by atoms with E-state index < -0.39 is 0 Å². The number of pyridine rings is 1. The highest BCUT2D eigenvalue weighted by atomic mass is 16.5. The van der Waals surface area contributed by atoms with Crippen LogP contribution in [-0.2, 0) is 13.0 Å². The summed E-state index contributed by atoms with van der Waals surface area (Å²) in [5.74, 6) is 1.13. The van der Waals surface area contributed by atoms with Crippen molar-refractivity contribution in [2.24, 2.45) is 0 Å². The van der Waals surface area contributed by atoms with Crippen LogP contribution < -0.4 is 5.73 Å². The van der Waals surface area contributed by atoms with Crippen LogP contribution in [0.15, 0.2) is 41.4 Å². The molecule has 96 valence electrons. The van der Waals surface area contributed by atoms with Crippen LogP contribution >= 0.6 is 0 Å². The van der Waals surface area contributed by atoms with E-state index in [1.54, 1.807) is 29.5 Å². The van der Waals surface area contributed by atoms with Crippen LogP contribution in [0.2, 0.25) is 0 Å². The van der Waals surface area contributed by atoms with Crippen LogP contribution in [0.3, 0.4) is 0 Å². The van der Waals surface area contributed by atoms with E-state index in [4.69, 9.17) is 10.3 Å². The molecule has 0 unspecified atom stereocenters. The fraction of sp³-hybridized carbons (Fsp3) is 0.167. The van der Waals surface area contributed by atoms with Crippen molar-refractivity contribution in [1.29, 1.82) is 0 Å². The number of anilines is 1. The zero-order chi connectivity index (χ0) is 13.1. The first kappa shape index (κ1) is 11.4. The Labute approximate surface area is 109 Å². The molecule has 3 heterocycles. The van der Waals surface area contributed by atoms with Crippen LogP contribution in [0, 0.1) is 0 Å². The lowest BCUT2D eigenvalue weighted by Crippen LogP contribution is -2.00. The first-order valence-corrected chi connectivity index (χ1v) is 5.78. The van der Waals surface area contributed by atoms with E-state index >= 15 is 0 Å². The van der Waals surface area contributed by atoms with E-state index in [2.05, 4.69) is 20.2 Å². The maximum Gasteiger partial charge on any atom is 0.248 e. The molecule has 0 bridgehead atoms. The van der Waals surface area contributed by atoms with E-state index in [0.29, 0.717) is 30.4 Å². The molecule has 0 atom stereocenters. The van der Waals surface area contributed by atoms with Crippen molar-refractivity contribution in [3.63, 3.8) is 0 Å². The molecular weight excluding hydrogens is 244 g/mol. The normalized spacial score (nSPS) is 10.7. The molecule has 0 amide bonds. The highest BCUT2D eigenvalue weighted by Crippen LogP contribution is 2.07. The second kappa shape index (κ2) is 4.89. The molecule has 0 radical (unpaired) electrons. The summed E-state index contributed by atoms with van der Waals surface area (Å²) in [6, 6.07) is 3.85. The Hall–Kier alpha value is -2.70. The third-order valence-corrected chi connectivity index (χ3v) is 2.55. The van der Waals surface area contributed by atoms with E-state index in [1.165, 1.54) is 0 Å². The van der Waals surface area contributed by atoms with Gasteiger partial charge in [-0.1, -0.05) is 11.2 Å². The minimum absolute atomic E-state index is 0.414. The van der Waals surface area contributed by atoms with Gasteiger partial charge in [-0.15, -0.1) is 0 Å². The SMILES string of the molecule is Nc1cnn(Cc2nc(Cc3cccnc3)no2)c1. The van der Waals surface area contributed by atoms with Gasteiger partial charge in [-0.25, -0.2) is 0 Å². The van der Waals surface area contributed by atoms with Gasteiger partial charge >= 0.3 is 0 Å². The monoisotopic (exact) mass is 256 g/mol. The van der Waals surface area contributed by atoms with Crippen LogP contribution in [-0.4, -0.2) is 24.9 Å². The second-order valence-electron chi connectivity index (χ2n) is 4.11. The highest BCUT2D eigenvalue weighted by Gasteiger charge is 2.08. The summed E-state index contributed by atoms with van der Waals surface area (Å²) >= 11 is 0. The van der Waals surface area contributed by atoms with Crippen molar-refractivity contribution in [2.75, 3.05) is 5.73 Å². The third kappa shape index (κ3) is 2.76.